The highest BCUT2D eigenvalue weighted by Gasteiger charge is 2.29. The molecule has 2 heterocycles. The molecule has 0 amide bonds. The van der Waals surface area contributed by atoms with Gasteiger partial charge in [-0.25, -0.2) is 4.79 Å². The molecule has 3 rings (SSSR count). The van der Waals surface area contributed by atoms with E-state index >= 15 is 0 Å². The predicted octanol–water partition coefficient (Wildman–Crippen LogP) is 5.17. The molecule has 1 atom stereocenters. The van der Waals surface area contributed by atoms with Gasteiger partial charge in [-0.3, -0.25) is 9.59 Å². The Morgan fingerprint density at radius 3 is 2.34 bits per heavy atom. The third kappa shape index (κ3) is 6.44. The molecule has 0 aliphatic carbocycles. The van der Waals surface area contributed by atoms with Crippen LogP contribution in [0.15, 0.2) is 29.2 Å². The number of hydrogen-bond donors (Lipinski definition) is 2. The van der Waals surface area contributed by atoms with E-state index in [-0.39, 0.29) is 23.9 Å². The first kappa shape index (κ1) is 26.3. The van der Waals surface area contributed by atoms with Gasteiger partial charge in [0.25, 0.3) is 0 Å². The number of carbonyl (C=O) groups is 2. The fourth-order valence-electron chi connectivity index (χ4n) is 4.63. The van der Waals surface area contributed by atoms with E-state index < -0.39 is 17.4 Å². The van der Waals surface area contributed by atoms with Crippen molar-refractivity contribution in [2.75, 3.05) is 13.7 Å². The van der Waals surface area contributed by atoms with E-state index in [1.165, 1.54) is 12.3 Å². The third-order valence-corrected chi connectivity index (χ3v) is 6.57. The minimum Gasteiger partial charge on any atom is -0.493 e. The normalized spacial score (nSPS) is 14.3. The monoisotopic (exact) mass is 485 g/mol. The Balaban J connectivity index is 1.73. The number of aliphatic carboxylic acids is 1. The molecule has 2 N–H and O–H groups in total. The summed E-state index contributed by atoms with van der Waals surface area (Å²) in [5.41, 5.74) is 1.84. The predicted molar refractivity (Wildman–Crippen MR) is 133 cm³/mol. The van der Waals surface area contributed by atoms with Crippen molar-refractivity contribution in [1.29, 1.82) is 0 Å². The molecule has 2 aromatic rings. The maximum atomic E-state index is 12.5. The van der Waals surface area contributed by atoms with E-state index in [9.17, 15) is 19.5 Å². The molecular weight excluding hydrogens is 450 g/mol. The highest BCUT2D eigenvalue weighted by atomic mass is 16.5. The first-order chi connectivity index (χ1) is 16.7. The van der Waals surface area contributed by atoms with Crippen LogP contribution in [0.2, 0.25) is 0 Å². The van der Waals surface area contributed by atoms with Crippen molar-refractivity contribution in [1.82, 2.24) is 4.57 Å². The van der Waals surface area contributed by atoms with Crippen LogP contribution in [0.25, 0.3) is 11.3 Å². The van der Waals surface area contributed by atoms with Crippen molar-refractivity contribution in [3.05, 3.63) is 45.7 Å². The summed E-state index contributed by atoms with van der Waals surface area (Å²) in [6, 6.07) is 5.27. The molecule has 1 aliphatic rings. The summed E-state index contributed by atoms with van der Waals surface area (Å²) in [6.45, 7) is 4.72. The zero-order valence-corrected chi connectivity index (χ0v) is 20.7. The van der Waals surface area contributed by atoms with Gasteiger partial charge in [0, 0.05) is 30.3 Å². The smallest absolute Gasteiger partial charge is 0.341 e. The first-order valence-electron chi connectivity index (χ1n) is 12.3. The quantitative estimate of drug-likeness (QED) is 0.376. The second-order valence-electron chi connectivity index (χ2n) is 9.44. The van der Waals surface area contributed by atoms with Gasteiger partial charge in [-0.1, -0.05) is 39.5 Å². The molecule has 1 aromatic heterocycles. The van der Waals surface area contributed by atoms with Crippen molar-refractivity contribution < 1.29 is 29.3 Å². The van der Waals surface area contributed by atoms with Crippen molar-refractivity contribution in [3.63, 3.8) is 0 Å². The number of aromatic nitrogens is 1. The van der Waals surface area contributed by atoms with Crippen LogP contribution in [0, 0.1) is 5.92 Å². The number of methoxy groups -OCH3 is 1. The number of fused-ring (bicyclic) bond motifs is 3. The van der Waals surface area contributed by atoms with Gasteiger partial charge >= 0.3 is 11.9 Å². The molecule has 1 aromatic carbocycles. The number of aromatic carboxylic acids is 1. The van der Waals surface area contributed by atoms with Gasteiger partial charge in [-0.15, -0.1) is 0 Å². The van der Waals surface area contributed by atoms with Crippen molar-refractivity contribution >= 4 is 11.9 Å². The van der Waals surface area contributed by atoms with E-state index in [2.05, 4.69) is 13.8 Å². The summed E-state index contributed by atoms with van der Waals surface area (Å²) in [6.07, 6.45) is 8.02. The number of rotatable bonds is 13. The Morgan fingerprint density at radius 1 is 1.03 bits per heavy atom. The molecule has 0 saturated carbocycles. The summed E-state index contributed by atoms with van der Waals surface area (Å²) in [5.74, 6) is -0.499. The van der Waals surface area contributed by atoms with Gasteiger partial charge in [0.2, 0.25) is 0 Å². The molecule has 1 unspecified atom stereocenters. The van der Waals surface area contributed by atoms with Crippen LogP contribution >= 0.6 is 0 Å². The van der Waals surface area contributed by atoms with Crippen molar-refractivity contribution in [2.24, 2.45) is 5.92 Å². The number of unbranched alkanes of at least 4 members (excludes halogenated alkanes) is 5. The number of carboxylic acids is 2. The number of carboxylic acid groups (broad SMARTS) is 2. The third-order valence-electron chi connectivity index (χ3n) is 6.57. The summed E-state index contributed by atoms with van der Waals surface area (Å²) in [4.78, 5) is 34.6. The highest BCUT2D eigenvalue weighted by Crippen LogP contribution is 2.42. The number of benzene rings is 1. The maximum absolute atomic E-state index is 12.5. The molecule has 0 saturated heterocycles. The summed E-state index contributed by atoms with van der Waals surface area (Å²) in [5, 5.41) is 18.1. The van der Waals surface area contributed by atoms with Gasteiger partial charge in [0.15, 0.2) is 16.9 Å². The van der Waals surface area contributed by atoms with Crippen LogP contribution in [0.4, 0.5) is 0 Å². The van der Waals surface area contributed by atoms with Crippen LogP contribution in [0.1, 0.15) is 80.8 Å². The van der Waals surface area contributed by atoms with E-state index in [4.69, 9.17) is 14.6 Å². The molecule has 8 nitrogen and oxygen atoms in total. The Hall–Kier alpha value is -3.29. The minimum absolute atomic E-state index is 0.0126. The van der Waals surface area contributed by atoms with E-state index in [0.717, 1.165) is 49.7 Å². The van der Waals surface area contributed by atoms with Gasteiger partial charge in [-0.05, 0) is 42.9 Å². The summed E-state index contributed by atoms with van der Waals surface area (Å²) >= 11 is 0. The van der Waals surface area contributed by atoms with Gasteiger partial charge in [-0.2, -0.15) is 0 Å². The lowest BCUT2D eigenvalue weighted by Crippen LogP contribution is -2.28. The maximum Gasteiger partial charge on any atom is 0.341 e. The highest BCUT2D eigenvalue weighted by molar-refractivity contribution is 5.88. The lowest BCUT2D eigenvalue weighted by molar-refractivity contribution is -0.137. The van der Waals surface area contributed by atoms with Gasteiger partial charge in [0.05, 0.1) is 19.4 Å². The van der Waals surface area contributed by atoms with E-state index in [1.54, 1.807) is 7.11 Å². The van der Waals surface area contributed by atoms with Crippen LogP contribution in [-0.4, -0.2) is 40.4 Å². The topological polar surface area (TPSA) is 115 Å². The van der Waals surface area contributed by atoms with Crippen LogP contribution < -0.4 is 14.9 Å². The SMILES string of the molecule is COc1cc2c(cc1OCCCCCCCCC(=O)O)CC(C(C)C)n1cc(C(=O)O)c(=O)cc1-2. The van der Waals surface area contributed by atoms with Crippen molar-refractivity contribution in [3.8, 4) is 22.8 Å². The lowest BCUT2D eigenvalue weighted by atomic mass is 9.87. The Kier molecular flexibility index (Phi) is 8.95. The fraction of sp³-hybridized carbons (Fsp3) is 0.519. The molecule has 8 heteroatoms. The average molecular weight is 486 g/mol. The average Bonchev–Trinajstić information content (AvgIpc) is 2.81. The van der Waals surface area contributed by atoms with Crippen LogP contribution in [0.3, 0.4) is 0 Å². The largest absolute Gasteiger partial charge is 0.493 e. The molecule has 0 bridgehead atoms. The summed E-state index contributed by atoms with van der Waals surface area (Å²) in [7, 11) is 1.58. The summed E-state index contributed by atoms with van der Waals surface area (Å²) < 4.78 is 13.6. The number of ether oxygens (including phenoxy) is 2. The molecule has 0 fully saturated rings. The molecule has 190 valence electrons. The van der Waals surface area contributed by atoms with E-state index in [1.807, 2.05) is 16.7 Å². The second-order valence-corrected chi connectivity index (χ2v) is 9.44. The molecule has 0 spiro atoms. The molecular formula is C27H35NO7. The Bertz CT molecular complexity index is 1120. The zero-order valence-electron chi connectivity index (χ0n) is 20.7. The lowest BCUT2D eigenvalue weighted by Gasteiger charge is -2.33. The number of nitrogens with zero attached hydrogens (tertiary/aromatic N) is 1. The Morgan fingerprint density at radius 2 is 1.71 bits per heavy atom. The fourth-order valence-corrected chi connectivity index (χ4v) is 4.63. The van der Waals surface area contributed by atoms with Gasteiger partial charge in [0.1, 0.15) is 5.56 Å². The van der Waals surface area contributed by atoms with Gasteiger partial charge < -0.3 is 24.3 Å². The standard InChI is InChI=1S/C27H35NO7/c1-17(2)21-12-18-13-25(35-11-9-7-5-4-6-8-10-26(30)31)24(34-3)14-19(18)22-15-23(29)20(27(32)33)16-28(21)22/h13-17,21H,4-12H2,1-3H3,(H,30,31)(H,32,33). The second kappa shape index (κ2) is 11.9. The van der Waals surface area contributed by atoms with Crippen molar-refractivity contribution in [2.45, 2.75) is 71.3 Å². The molecule has 1 aliphatic heterocycles. The zero-order chi connectivity index (χ0) is 25.5. The number of hydrogen-bond acceptors (Lipinski definition) is 5. The van der Waals surface area contributed by atoms with Crippen LogP contribution in [-0.2, 0) is 11.2 Å². The van der Waals surface area contributed by atoms with Crippen LogP contribution in [0.5, 0.6) is 11.5 Å². The minimum atomic E-state index is -1.22. The first-order valence-corrected chi connectivity index (χ1v) is 12.3. The van der Waals surface area contributed by atoms with E-state index in [0.29, 0.717) is 30.2 Å². The Labute approximate surface area is 205 Å². The molecule has 0 radical (unpaired) electrons. The number of pyridine rings is 1. The molecule has 35 heavy (non-hydrogen) atoms.